The van der Waals surface area contributed by atoms with Gasteiger partial charge in [0.05, 0.1) is 9.40 Å². The Bertz CT molecular complexity index is 1100. The quantitative estimate of drug-likeness (QED) is 0.386. The predicted molar refractivity (Wildman–Crippen MR) is 111 cm³/mol. The van der Waals surface area contributed by atoms with Crippen molar-refractivity contribution in [3.05, 3.63) is 73.4 Å². The number of phenols is 1. The molecule has 3 aromatic rings. The Morgan fingerprint density at radius 2 is 1.79 bits per heavy atom. The van der Waals surface area contributed by atoms with Crippen LogP contribution in [0.3, 0.4) is 0 Å². The van der Waals surface area contributed by atoms with E-state index in [0.29, 0.717) is 15.8 Å². The summed E-state index contributed by atoms with van der Waals surface area (Å²) in [4.78, 5) is 14.9. The zero-order valence-electron chi connectivity index (χ0n) is 15.9. The van der Waals surface area contributed by atoms with Crippen LogP contribution in [-0.2, 0) is 0 Å². The van der Waals surface area contributed by atoms with Crippen molar-refractivity contribution < 1.29 is 14.8 Å². The number of halogens is 1. The van der Waals surface area contributed by atoms with Crippen LogP contribution in [0, 0.1) is 37.8 Å². The number of pyridine rings is 1. The fourth-order valence-corrected chi connectivity index (χ4v) is 3.44. The average molecular weight is 443 g/mol. The summed E-state index contributed by atoms with van der Waals surface area (Å²) in [6, 6.07) is 10.8. The fraction of sp³-hybridized carbons (Fsp3) is 0.190. The molecule has 0 aliphatic carbocycles. The summed E-state index contributed by atoms with van der Waals surface area (Å²) in [6.07, 6.45) is 0. The highest BCUT2D eigenvalue weighted by molar-refractivity contribution is 9.10. The van der Waals surface area contributed by atoms with E-state index in [1.807, 2.05) is 51.1 Å². The van der Waals surface area contributed by atoms with Gasteiger partial charge in [0.25, 0.3) is 5.69 Å². The van der Waals surface area contributed by atoms with Crippen LogP contribution in [0.15, 0.2) is 40.9 Å². The summed E-state index contributed by atoms with van der Waals surface area (Å²) < 4.78 is 6.45. The SMILES string of the molecule is Cc1cccc(-c2ccc(C)c(Oc3nc(C)c([N+](=O)[O-])cc3Br)c2C)c1O. The maximum absolute atomic E-state index is 11.1. The highest BCUT2D eigenvalue weighted by Crippen LogP contribution is 2.41. The van der Waals surface area contributed by atoms with Crippen LogP contribution in [0.1, 0.15) is 22.4 Å². The normalized spacial score (nSPS) is 10.8. The molecule has 3 rings (SSSR count). The second-order valence-electron chi connectivity index (χ2n) is 6.59. The van der Waals surface area contributed by atoms with Gasteiger partial charge in [0, 0.05) is 11.6 Å². The lowest BCUT2D eigenvalue weighted by atomic mass is 9.95. The number of para-hydroxylation sites is 1. The summed E-state index contributed by atoms with van der Waals surface area (Å²) in [7, 11) is 0. The molecule has 7 heteroatoms. The zero-order chi connectivity index (χ0) is 20.6. The Morgan fingerprint density at radius 3 is 2.46 bits per heavy atom. The van der Waals surface area contributed by atoms with Gasteiger partial charge in [-0.05, 0) is 65.9 Å². The van der Waals surface area contributed by atoms with E-state index in [1.54, 1.807) is 6.92 Å². The Hall–Kier alpha value is -2.93. The minimum absolute atomic E-state index is 0.0777. The molecule has 0 bridgehead atoms. The molecule has 2 aromatic carbocycles. The van der Waals surface area contributed by atoms with Crippen molar-refractivity contribution in [3.63, 3.8) is 0 Å². The number of aromatic hydroxyl groups is 1. The van der Waals surface area contributed by atoms with Crippen molar-refractivity contribution >= 4 is 21.6 Å². The number of hydrogen-bond donors (Lipinski definition) is 1. The molecule has 0 atom stereocenters. The van der Waals surface area contributed by atoms with Crippen LogP contribution in [0.4, 0.5) is 5.69 Å². The third kappa shape index (κ3) is 3.57. The molecule has 0 unspecified atom stereocenters. The monoisotopic (exact) mass is 442 g/mol. The number of phenolic OH excluding ortho intramolecular Hbond substituents is 1. The van der Waals surface area contributed by atoms with Gasteiger partial charge in [-0.1, -0.05) is 30.3 Å². The van der Waals surface area contributed by atoms with E-state index in [4.69, 9.17) is 4.74 Å². The maximum Gasteiger partial charge on any atom is 0.291 e. The Kier molecular flexibility index (Phi) is 5.38. The highest BCUT2D eigenvalue weighted by atomic mass is 79.9. The lowest BCUT2D eigenvalue weighted by Crippen LogP contribution is -2.00. The van der Waals surface area contributed by atoms with E-state index in [1.165, 1.54) is 6.07 Å². The largest absolute Gasteiger partial charge is 0.507 e. The molecule has 1 N–H and O–H groups in total. The minimum Gasteiger partial charge on any atom is -0.507 e. The molecule has 144 valence electrons. The van der Waals surface area contributed by atoms with Gasteiger partial charge < -0.3 is 9.84 Å². The molecular formula is C21H19BrN2O4. The molecular weight excluding hydrogens is 424 g/mol. The lowest BCUT2D eigenvalue weighted by molar-refractivity contribution is -0.385. The van der Waals surface area contributed by atoms with Crippen molar-refractivity contribution in [2.75, 3.05) is 0 Å². The van der Waals surface area contributed by atoms with E-state index in [0.717, 1.165) is 22.3 Å². The number of ether oxygens (including phenoxy) is 1. The third-order valence-electron chi connectivity index (χ3n) is 4.63. The van der Waals surface area contributed by atoms with Gasteiger partial charge in [0.2, 0.25) is 5.88 Å². The Labute approximate surface area is 171 Å². The molecule has 6 nitrogen and oxygen atoms in total. The molecule has 0 saturated carbocycles. The summed E-state index contributed by atoms with van der Waals surface area (Å²) in [5.41, 5.74) is 4.27. The number of aromatic nitrogens is 1. The first-order chi connectivity index (χ1) is 13.2. The molecule has 0 aliphatic heterocycles. The van der Waals surface area contributed by atoms with Crippen LogP contribution >= 0.6 is 15.9 Å². The molecule has 0 saturated heterocycles. The van der Waals surface area contributed by atoms with Crippen LogP contribution in [-0.4, -0.2) is 15.0 Å². The maximum atomic E-state index is 11.1. The molecule has 28 heavy (non-hydrogen) atoms. The summed E-state index contributed by atoms with van der Waals surface area (Å²) in [5.74, 6) is 1.07. The molecule has 0 radical (unpaired) electrons. The fourth-order valence-electron chi connectivity index (χ4n) is 3.05. The van der Waals surface area contributed by atoms with Crippen molar-refractivity contribution in [1.29, 1.82) is 0 Å². The van der Waals surface area contributed by atoms with E-state index in [9.17, 15) is 15.2 Å². The molecule has 1 aromatic heterocycles. The second kappa shape index (κ2) is 7.59. The molecule has 1 heterocycles. The van der Waals surface area contributed by atoms with Gasteiger partial charge in [0.15, 0.2) is 0 Å². The second-order valence-corrected chi connectivity index (χ2v) is 7.45. The first-order valence-electron chi connectivity index (χ1n) is 8.59. The highest BCUT2D eigenvalue weighted by Gasteiger charge is 2.20. The van der Waals surface area contributed by atoms with Crippen molar-refractivity contribution in [2.24, 2.45) is 0 Å². The number of aryl methyl sites for hydroxylation is 3. The standard InChI is InChI=1S/C21H19BrN2O4/c1-11-6-5-7-16(19(11)25)15-9-8-12(2)20(13(15)3)28-21-17(22)10-18(24(26)27)14(4)23-21/h5-10,25H,1-4H3. The van der Waals surface area contributed by atoms with E-state index < -0.39 is 4.92 Å². The number of benzene rings is 2. The molecule has 0 spiro atoms. The van der Waals surface area contributed by atoms with Gasteiger partial charge >= 0.3 is 0 Å². The summed E-state index contributed by atoms with van der Waals surface area (Å²) in [6.45, 7) is 7.23. The van der Waals surface area contributed by atoms with Crippen LogP contribution in [0.2, 0.25) is 0 Å². The van der Waals surface area contributed by atoms with E-state index in [-0.39, 0.29) is 23.0 Å². The van der Waals surface area contributed by atoms with Gasteiger partial charge in [-0.25, -0.2) is 4.98 Å². The van der Waals surface area contributed by atoms with Crippen molar-refractivity contribution in [3.8, 4) is 28.5 Å². The van der Waals surface area contributed by atoms with E-state index in [2.05, 4.69) is 20.9 Å². The summed E-state index contributed by atoms with van der Waals surface area (Å²) in [5, 5.41) is 21.6. The average Bonchev–Trinajstić information content (AvgIpc) is 2.63. The third-order valence-corrected chi connectivity index (χ3v) is 5.20. The van der Waals surface area contributed by atoms with E-state index >= 15 is 0 Å². The van der Waals surface area contributed by atoms with Crippen LogP contribution < -0.4 is 4.74 Å². The van der Waals surface area contributed by atoms with Crippen LogP contribution in [0.5, 0.6) is 17.4 Å². The number of rotatable bonds is 4. The first kappa shape index (κ1) is 19.8. The number of nitro groups is 1. The van der Waals surface area contributed by atoms with Crippen molar-refractivity contribution in [2.45, 2.75) is 27.7 Å². The molecule has 0 fully saturated rings. The number of nitrogens with zero attached hydrogens (tertiary/aromatic N) is 2. The molecule has 0 amide bonds. The number of hydrogen-bond acceptors (Lipinski definition) is 5. The smallest absolute Gasteiger partial charge is 0.291 e. The van der Waals surface area contributed by atoms with Gasteiger partial charge in [0.1, 0.15) is 17.2 Å². The minimum atomic E-state index is -0.478. The first-order valence-corrected chi connectivity index (χ1v) is 9.38. The lowest BCUT2D eigenvalue weighted by Gasteiger charge is -2.17. The topological polar surface area (TPSA) is 85.5 Å². The van der Waals surface area contributed by atoms with Crippen molar-refractivity contribution in [1.82, 2.24) is 4.98 Å². The zero-order valence-corrected chi connectivity index (χ0v) is 17.5. The molecule has 0 aliphatic rings. The van der Waals surface area contributed by atoms with Gasteiger partial charge in [-0.2, -0.15) is 0 Å². The van der Waals surface area contributed by atoms with Gasteiger partial charge in [-0.15, -0.1) is 0 Å². The predicted octanol–water partition coefficient (Wildman–Crippen LogP) is 6.15. The Morgan fingerprint density at radius 1 is 1.07 bits per heavy atom. The van der Waals surface area contributed by atoms with Gasteiger partial charge in [-0.3, -0.25) is 10.1 Å². The Balaban J connectivity index is 2.10. The summed E-state index contributed by atoms with van der Waals surface area (Å²) >= 11 is 3.31. The van der Waals surface area contributed by atoms with Crippen LogP contribution in [0.25, 0.3) is 11.1 Å².